The van der Waals surface area contributed by atoms with Crippen molar-refractivity contribution in [3.63, 3.8) is 0 Å². The fraction of sp³-hybridized carbons (Fsp3) is 0.312. The second kappa shape index (κ2) is 6.71. The smallest absolute Gasteiger partial charge is 0.338 e. The molecule has 9 heteroatoms. The second-order valence-electron chi connectivity index (χ2n) is 5.84. The van der Waals surface area contributed by atoms with Gasteiger partial charge in [0.15, 0.2) is 0 Å². The van der Waals surface area contributed by atoms with Crippen LogP contribution in [-0.2, 0) is 0 Å². The number of aromatic nitrogens is 2. The third kappa shape index (κ3) is 3.49. The minimum absolute atomic E-state index is 0.0299. The van der Waals surface area contributed by atoms with E-state index in [-0.39, 0.29) is 23.2 Å². The number of amides is 1. The molecule has 130 valence electrons. The summed E-state index contributed by atoms with van der Waals surface area (Å²) in [6.45, 7) is 0.961. The molecule has 0 unspecified atom stereocenters. The average molecular weight is 344 g/mol. The molecule has 1 amide bonds. The Balaban J connectivity index is 1.65. The highest BCUT2D eigenvalue weighted by Crippen LogP contribution is 2.24. The summed E-state index contributed by atoms with van der Waals surface area (Å²) in [5.74, 6) is -1.27. The second-order valence-corrected chi connectivity index (χ2v) is 5.84. The monoisotopic (exact) mass is 344 g/mol. The number of nitrogens with zero attached hydrogens (tertiary/aromatic N) is 4. The van der Waals surface area contributed by atoms with Crippen LogP contribution >= 0.6 is 0 Å². The van der Waals surface area contributed by atoms with Crippen LogP contribution < -0.4 is 0 Å². The summed E-state index contributed by atoms with van der Waals surface area (Å²) in [5.41, 5.74) is 0.313. The highest BCUT2D eigenvalue weighted by Gasteiger charge is 2.26. The van der Waals surface area contributed by atoms with Crippen LogP contribution in [-0.4, -0.2) is 49.7 Å². The summed E-state index contributed by atoms with van der Waals surface area (Å²) in [7, 11) is 0. The molecule has 1 aliphatic heterocycles. The number of nitro groups is 1. The third-order valence-corrected chi connectivity index (χ3v) is 4.28. The van der Waals surface area contributed by atoms with E-state index in [1.54, 1.807) is 15.6 Å². The van der Waals surface area contributed by atoms with Crippen molar-refractivity contribution in [1.29, 1.82) is 0 Å². The van der Waals surface area contributed by atoms with Crippen LogP contribution in [0, 0.1) is 10.1 Å². The van der Waals surface area contributed by atoms with Gasteiger partial charge in [-0.1, -0.05) is 6.07 Å². The number of carbonyl (C=O) groups is 2. The zero-order valence-corrected chi connectivity index (χ0v) is 13.2. The summed E-state index contributed by atoms with van der Waals surface area (Å²) in [6, 6.07) is 5.72. The van der Waals surface area contributed by atoms with Gasteiger partial charge in [-0.15, -0.1) is 0 Å². The van der Waals surface area contributed by atoms with Crippen LogP contribution in [0.2, 0.25) is 0 Å². The van der Waals surface area contributed by atoms with E-state index < -0.39 is 10.9 Å². The van der Waals surface area contributed by atoms with Gasteiger partial charge in [-0.05, 0) is 18.9 Å². The number of piperidine rings is 1. The highest BCUT2D eigenvalue weighted by atomic mass is 16.6. The molecule has 0 atom stereocenters. The number of carboxylic acid groups (broad SMARTS) is 1. The molecule has 9 nitrogen and oxygen atoms in total. The van der Waals surface area contributed by atoms with Crippen LogP contribution in [0.3, 0.4) is 0 Å². The Kier molecular flexibility index (Phi) is 4.46. The van der Waals surface area contributed by atoms with Crippen molar-refractivity contribution in [3.05, 3.63) is 57.9 Å². The van der Waals surface area contributed by atoms with E-state index in [2.05, 4.69) is 5.10 Å². The van der Waals surface area contributed by atoms with Crippen molar-refractivity contribution >= 4 is 17.6 Å². The average Bonchev–Trinajstić information content (AvgIpc) is 3.12. The molecule has 0 aliphatic carbocycles. The molecule has 1 saturated heterocycles. The lowest BCUT2D eigenvalue weighted by Gasteiger charge is -2.32. The largest absolute Gasteiger partial charge is 0.478 e. The molecule has 0 radical (unpaired) electrons. The molecule has 1 aromatic carbocycles. The highest BCUT2D eigenvalue weighted by molar-refractivity contribution is 5.94. The summed E-state index contributed by atoms with van der Waals surface area (Å²) >= 11 is 0. The number of nitro benzene ring substituents is 1. The third-order valence-electron chi connectivity index (χ3n) is 4.28. The molecule has 1 aromatic heterocycles. The number of benzene rings is 1. The van der Waals surface area contributed by atoms with Crippen molar-refractivity contribution < 1.29 is 19.6 Å². The van der Waals surface area contributed by atoms with Crippen molar-refractivity contribution in [3.8, 4) is 0 Å². The molecule has 2 aromatic rings. The zero-order valence-electron chi connectivity index (χ0n) is 13.2. The van der Waals surface area contributed by atoms with Crippen LogP contribution in [0.1, 0.15) is 39.6 Å². The Hall–Kier alpha value is -3.23. The molecule has 1 N–H and O–H groups in total. The van der Waals surface area contributed by atoms with Gasteiger partial charge >= 0.3 is 5.97 Å². The van der Waals surface area contributed by atoms with E-state index in [0.717, 1.165) is 0 Å². The SMILES string of the molecule is O=C(O)c1cnn(C2CCN(C(=O)c3cccc([N+](=O)[O-])c3)CC2)c1. The molecule has 0 saturated carbocycles. The Morgan fingerprint density at radius 1 is 1.24 bits per heavy atom. The number of non-ortho nitro benzene ring substituents is 1. The lowest BCUT2D eigenvalue weighted by atomic mass is 10.0. The van der Waals surface area contributed by atoms with Crippen LogP contribution in [0.15, 0.2) is 36.7 Å². The summed E-state index contributed by atoms with van der Waals surface area (Å²) in [4.78, 5) is 35.4. The van der Waals surface area contributed by atoms with Crippen LogP contribution in [0.25, 0.3) is 0 Å². The minimum atomic E-state index is -1.02. The molecule has 1 fully saturated rings. The normalized spacial score (nSPS) is 15.1. The Labute approximate surface area is 142 Å². The molecule has 0 spiro atoms. The Morgan fingerprint density at radius 3 is 2.56 bits per heavy atom. The van der Waals surface area contributed by atoms with Crippen molar-refractivity contribution in [1.82, 2.24) is 14.7 Å². The van der Waals surface area contributed by atoms with E-state index in [9.17, 15) is 19.7 Å². The van der Waals surface area contributed by atoms with Gasteiger partial charge in [0.05, 0.1) is 22.7 Å². The maximum absolute atomic E-state index is 12.5. The standard InChI is InChI=1S/C16H16N4O5/c21-15(11-2-1-3-14(8-11)20(24)25)18-6-4-13(5-7-18)19-10-12(9-17-19)16(22)23/h1-3,8-10,13H,4-7H2,(H,22,23). The Bertz CT molecular complexity index is 823. The number of carboxylic acids is 1. The van der Waals surface area contributed by atoms with E-state index >= 15 is 0 Å². The quantitative estimate of drug-likeness (QED) is 0.669. The van der Waals surface area contributed by atoms with Gasteiger partial charge in [0.1, 0.15) is 0 Å². The van der Waals surface area contributed by atoms with E-state index in [1.165, 1.54) is 30.6 Å². The molecule has 0 bridgehead atoms. The molecule has 25 heavy (non-hydrogen) atoms. The first kappa shape index (κ1) is 16.6. The summed E-state index contributed by atoms with van der Waals surface area (Å²) in [5, 5.41) is 23.9. The maximum atomic E-state index is 12.5. The lowest BCUT2D eigenvalue weighted by Crippen LogP contribution is -2.39. The molecular weight excluding hydrogens is 328 g/mol. The van der Waals surface area contributed by atoms with Crippen molar-refractivity contribution in [2.24, 2.45) is 0 Å². The summed E-state index contributed by atoms with van der Waals surface area (Å²) in [6.07, 6.45) is 4.08. The first-order chi connectivity index (χ1) is 12.0. The number of hydrogen-bond acceptors (Lipinski definition) is 5. The van der Waals surface area contributed by atoms with Gasteiger partial charge in [-0.25, -0.2) is 4.79 Å². The van der Waals surface area contributed by atoms with Gasteiger partial charge < -0.3 is 10.0 Å². The number of carbonyl (C=O) groups excluding carboxylic acids is 1. The van der Waals surface area contributed by atoms with E-state index in [1.807, 2.05) is 0 Å². The fourth-order valence-corrected chi connectivity index (χ4v) is 2.92. The molecule has 2 heterocycles. The maximum Gasteiger partial charge on any atom is 0.338 e. The zero-order chi connectivity index (χ0) is 18.0. The molecule has 1 aliphatic rings. The van der Waals surface area contributed by atoms with Crippen molar-refractivity contribution in [2.45, 2.75) is 18.9 Å². The van der Waals surface area contributed by atoms with Crippen molar-refractivity contribution in [2.75, 3.05) is 13.1 Å². The summed E-state index contributed by atoms with van der Waals surface area (Å²) < 4.78 is 1.62. The van der Waals surface area contributed by atoms with Gasteiger partial charge in [0.2, 0.25) is 0 Å². The first-order valence-electron chi connectivity index (χ1n) is 7.77. The van der Waals surface area contributed by atoms with E-state index in [0.29, 0.717) is 31.5 Å². The molecule has 3 rings (SSSR count). The Morgan fingerprint density at radius 2 is 1.96 bits per heavy atom. The first-order valence-corrected chi connectivity index (χ1v) is 7.77. The lowest BCUT2D eigenvalue weighted by molar-refractivity contribution is -0.384. The number of aromatic carboxylic acids is 1. The van der Waals surface area contributed by atoms with Gasteiger partial charge in [0, 0.05) is 37.0 Å². The topological polar surface area (TPSA) is 119 Å². The number of rotatable bonds is 4. The van der Waals surface area contributed by atoms with Gasteiger partial charge in [-0.2, -0.15) is 5.10 Å². The molecular formula is C16H16N4O5. The van der Waals surface area contributed by atoms with Crippen LogP contribution in [0.4, 0.5) is 5.69 Å². The fourth-order valence-electron chi connectivity index (χ4n) is 2.92. The minimum Gasteiger partial charge on any atom is -0.478 e. The predicted molar refractivity (Wildman–Crippen MR) is 86.5 cm³/mol. The number of likely N-dealkylation sites (tertiary alicyclic amines) is 1. The van der Waals surface area contributed by atoms with E-state index in [4.69, 9.17) is 5.11 Å². The predicted octanol–water partition coefficient (Wildman–Crippen LogP) is 1.97. The van der Waals surface area contributed by atoms with Crippen LogP contribution in [0.5, 0.6) is 0 Å². The number of hydrogen-bond donors (Lipinski definition) is 1. The van der Waals surface area contributed by atoms with Gasteiger partial charge in [-0.3, -0.25) is 19.6 Å². The van der Waals surface area contributed by atoms with Gasteiger partial charge in [0.25, 0.3) is 11.6 Å².